The van der Waals surface area contributed by atoms with Gasteiger partial charge in [0.15, 0.2) is 0 Å². The molecule has 0 bridgehead atoms. The third-order valence-corrected chi connectivity index (χ3v) is 1.48. The summed E-state index contributed by atoms with van der Waals surface area (Å²) in [5, 5.41) is 39.7. The Morgan fingerprint density at radius 1 is 0.385 bits per heavy atom. The van der Waals surface area contributed by atoms with Crippen LogP contribution in [-0.4, -0.2) is 127 Å². The van der Waals surface area contributed by atoms with E-state index < -0.39 is 0 Å². The van der Waals surface area contributed by atoms with Crippen molar-refractivity contribution in [3.05, 3.63) is 0 Å². The summed E-state index contributed by atoms with van der Waals surface area (Å²) in [6.07, 6.45) is 0. The van der Waals surface area contributed by atoms with E-state index in [4.69, 9.17) is 25.5 Å². The van der Waals surface area contributed by atoms with Crippen LogP contribution in [0.15, 0.2) is 0 Å². The van der Waals surface area contributed by atoms with E-state index in [2.05, 4.69) is 23.7 Å². The van der Waals surface area contributed by atoms with Crippen molar-refractivity contribution in [2.24, 2.45) is 0 Å². The topological polar surface area (TPSA) is 147 Å². The van der Waals surface area contributed by atoms with Crippen molar-refractivity contribution in [3.8, 4) is 0 Å². The Kier molecular flexibility index (Phi) is 100. The minimum Gasteiger partial charge on any atom is -0.394 e. The van der Waals surface area contributed by atoms with E-state index in [0.29, 0.717) is 33.0 Å². The predicted octanol–water partition coefficient (Wildman–Crippen LogP) is -1.88. The number of aliphatic hydroxyl groups is 5. The normalized spacial score (nSPS) is 8.08. The molecule has 0 heterocycles. The molecule has 26 heavy (non-hydrogen) atoms. The molecule has 0 aliphatic carbocycles. The molecule has 0 aromatic carbocycles. The fourth-order valence-electron chi connectivity index (χ4n) is 0.456. The number of hydrogen-bond donors (Lipinski definition) is 5. The predicted molar refractivity (Wildman–Crippen MR) is 94.8 cm³/mol. The van der Waals surface area contributed by atoms with Gasteiger partial charge in [0.05, 0.1) is 66.1 Å². The van der Waals surface area contributed by atoms with Crippen molar-refractivity contribution in [2.45, 2.75) is 0 Å². The molecule has 0 aliphatic heterocycles. The molecule has 0 saturated heterocycles. The molecule has 165 valence electrons. The number of hydrogen-bond acceptors (Lipinski definition) is 10. The van der Waals surface area contributed by atoms with Crippen molar-refractivity contribution in [1.29, 1.82) is 0 Å². The summed E-state index contributed by atoms with van der Waals surface area (Å²) in [6, 6.07) is 0. The molecule has 0 aromatic heterocycles. The standard InChI is InChI=1S/5C3H8O2.V/c5*1-5-3-2-4;/h5*4H,2-3H2,1H3;. The van der Waals surface area contributed by atoms with Gasteiger partial charge in [-0.25, -0.2) is 0 Å². The minimum absolute atomic E-state index is 0. The third-order valence-electron chi connectivity index (χ3n) is 1.48. The third kappa shape index (κ3) is 125. The van der Waals surface area contributed by atoms with Crippen LogP contribution in [0.1, 0.15) is 0 Å². The molecule has 11 heteroatoms. The van der Waals surface area contributed by atoms with E-state index in [1.165, 1.54) is 0 Å². The second kappa shape index (κ2) is 63.9. The number of methoxy groups -OCH3 is 5. The van der Waals surface area contributed by atoms with Gasteiger partial charge in [-0.05, 0) is 0 Å². The number of rotatable bonds is 10. The van der Waals surface area contributed by atoms with E-state index in [9.17, 15) is 0 Å². The second-order valence-electron chi connectivity index (χ2n) is 3.58. The number of ether oxygens (including phenoxy) is 5. The fourth-order valence-corrected chi connectivity index (χ4v) is 0.456. The second-order valence-corrected chi connectivity index (χ2v) is 3.58. The van der Waals surface area contributed by atoms with E-state index in [1.807, 2.05) is 0 Å². The maximum Gasteiger partial charge on any atom is 0.0693 e. The Labute approximate surface area is 169 Å². The average molecular weight is 431 g/mol. The molecular formula is C15H40O10V. The van der Waals surface area contributed by atoms with E-state index >= 15 is 0 Å². The van der Waals surface area contributed by atoms with E-state index in [0.717, 1.165) is 0 Å². The molecule has 1 radical (unpaired) electrons. The van der Waals surface area contributed by atoms with Crippen molar-refractivity contribution < 1.29 is 67.8 Å². The first-order valence-electron chi connectivity index (χ1n) is 7.57. The van der Waals surface area contributed by atoms with Gasteiger partial charge in [-0.15, -0.1) is 0 Å². The Morgan fingerprint density at radius 2 is 0.500 bits per heavy atom. The first-order chi connectivity index (χ1) is 12.1. The molecule has 0 spiro atoms. The van der Waals surface area contributed by atoms with Crippen LogP contribution < -0.4 is 0 Å². The summed E-state index contributed by atoms with van der Waals surface area (Å²) in [5.41, 5.74) is 0. The zero-order chi connectivity index (χ0) is 20.6. The molecule has 0 unspecified atom stereocenters. The largest absolute Gasteiger partial charge is 0.394 e. The van der Waals surface area contributed by atoms with Crippen LogP contribution in [0, 0.1) is 0 Å². The van der Waals surface area contributed by atoms with Crippen LogP contribution >= 0.6 is 0 Å². The summed E-state index contributed by atoms with van der Waals surface area (Å²) in [7, 11) is 7.76. The van der Waals surface area contributed by atoms with Gasteiger partial charge in [-0.1, -0.05) is 0 Å². The van der Waals surface area contributed by atoms with Gasteiger partial charge in [-0.3, -0.25) is 0 Å². The summed E-state index contributed by atoms with van der Waals surface area (Å²) in [5.74, 6) is 0. The zero-order valence-electron chi connectivity index (χ0n) is 16.8. The van der Waals surface area contributed by atoms with Crippen LogP contribution in [0.2, 0.25) is 0 Å². The molecule has 0 aromatic rings. The molecule has 0 atom stereocenters. The summed E-state index contributed by atoms with van der Waals surface area (Å²) < 4.78 is 22.2. The maximum absolute atomic E-state index is 7.94. The summed E-state index contributed by atoms with van der Waals surface area (Å²) in [6.45, 7) is 2.83. The van der Waals surface area contributed by atoms with Gasteiger partial charge >= 0.3 is 0 Å². The first-order valence-corrected chi connectivity index (χ1v) is 7.57. The zero-order valence-corrected chi connectivity index (χ0v) is 18.2. The van der Waals surface area contributed by atoms with Gasteiger partial charge in [0.25, 0.3) is 0 Å². The van der Waals surface area contributed by atoms with Crippen molar-refractivity contribution >= 4 is 0 Å². The molecule has 0 aliphatic rings. The molecule has 0 amide bonds. The van der Waals surface area contributed by atoms with Crippen LogP contribution in [0.25, 0.3) is 0 Å². The first kappa shape index (κ1) is 40.8. The van der Waals surface area contributed by atoms with Gasteiger partial charge < -0.3 is 49.2 Å². The Bertz CT molecular complexity index is 103. The molecule has 0 saturated carbocycles. The van der Waals surface area contributed by atoms with Gasteiger partial charge in [-0.2, -0.15) is 0 Å². The van der Waals surface area contributed by atoms with Crippen LogP contribution in [0.3, 0.4) is 0 Å². The van der Waals surface area contributed by atoms with E-state index in [-0.39, 0.29) is 51.6 Å². The average Bonchev–Trinajstić information content (AvgIpc) is 2.61. The molecular weight excluding hydrogens is 391 g/mol. The van der Waals surface area contributed by atoms with Crippen molar-refractivity contribution in [1.82, 2.24) is 0 Å². The molecule has 10 nitrogen and oxygen atoms in total. The SMILES string of the molecule is COCCO.COCCO.COCCO.COCCO.COCCO.[V]. The van der Waals surface area contributed by atoms with Crippen LogP contribution in [0.5, 0.6) is 0 Å². The van der Waals surface area contributed by atoms with Crippen molar-refractivity contribution in [2.75, 3.05) is 102 Å². The van der Waals surface area contributed by atoms with Gasteiger partial charge in [0.1, 0.15) is 0 Å². The van der Waals surface area contributed by atoms with Crippen LogP contribution in [0.4, 0.5) is 0 Å². The molecule has 5 N–H and O–H groups in total. The summed E-state index contributed by atoms with van der Waals surface area (Å²) in [4.78, 5) is 0. The quantitative estimate of drug-likeness (QED) is 0.266. The number of aliphatic hydroxyl groups excluding tert-OH is 5. The fraction of sp³-hybridized carbons (Fsp3) is 1.00. The maximum atomic E-state index is 7.94. The Balaban J connectivity index is -0.0000000476. The van der Waals surface area contributed by atoms with Crippen LogP contribution in [-0.2, 0) is 42.2 Å². The molecule has 0 fully saturated rings. The molecule has 0 rings (SSSR count). The minimum atomic E-state index is 0. The Morgan fingerprint density at radius 3 is 0.500 bits per heavy atom. The Hall–Kier alpha value is 0.184. The summed E-state index contributed by atoms with van der Waals surface area (Å²) >= 11 is 0. The van der Waals surface area contributed by atoms with Gasteiger partial charge in [0.2, 0.25) is 0 Å². The van der Waals surface area contributed by atoms with E-state index in [1.54, 1.807) is 35.5 Å². The van der Waals surface area contributed by atoms with Crippen molar-refractivity contribution in [3.63, 3.8) is 0 Å². The smallest absolute Gasteiger partial charge is 0.0693 e. The monoisotopic (exact) mass is 431 g/mol. The van der Waals surface area contributed by atoms with Gasteiger partial charge in [0, 0.05) is 54.1 Å².